The van der Waals surface area contributed by atoms with Gasteiger partial charge in [-0.1, -0.05) is 21.5 Å². The van der Waals surface area contributed by atoms with Crippen LogP contribution >= 0.6 is 15.9 Å². The Labute approximate surface area is 130 Å². The van der Waals surface area contributed by atoms with Crippen LogP contribution in [0.1, 0.15) is 25.0 Å². The highest BCUT2D eigenvalue weighted by atomic mass is 79.9. The van der Waals surface area contributed by atoms with Gasteiger partial charge in [0.25, 0.3) is 0 Å². The minimum atomic E-state index is 0.607. The molecule has 0 radical (unpaired) electrons. The number of halogens is 1. The molecule has 0 aliphatic carbocycles. The van der Waals surface area contributed by atoms with Gasteiger partial charge in [0.1, 0.15) is 12.4 Å². The van der Waals surface area contributed by atoms with Crippen LogP contribution in [-0.2, 0) is 11.3 Å². The molecule has 0 bridgehead atoms. The highest BCUT2D eigenvalue weighted by Gasteiger charge is 2.08. The molecule has 20 heavy (non-hydrogen) atoms. The molecule has 0 aliphatic rings. The maximum atomic E-state index is 5.92. The number of benzene rings is 1. The van der Waals surface area contributed by atoms with Crippen LogP contribution in [0.2, 0.25) is 0 Å². The molecule has 1 aromatic rings. The van der Waals surface area contributed by atoms with E-state index < -0.39 is 0 Å². The van der Waals surface area contributed by atoms with Gasteiger partial charge in [0, 0.05) is 30.2 Å². The van der Waals surface area contributed by atoms with E-state index in [0.717, 1.165) is 34.4 Å². The van der Waals surface area contributed by atoms with Crippen molar-refractivity contribution in [2.24, 2.45) is 0 Å². The van der Waals surface area contributed by atoms with Gasteiger partial charge in [0.05, 0.1) is 6.61 Å². The van der Waals surface area contributed by atoms with Crippen molar-refractivity contribution in [2.75, 3.05) is 26.9 Å². The van der Waals surface area contributed by atoms with E-state index in [4.69, 9.17) is 9.47 Å². The summed E-state index contributed by atoms with van der Waals surface area (Å²) < 4.78 is 12.0. The summed E-state index contributed by atoms with van der Waals surface area (Å²) in [6, 6.07) is 4.18. The van der Waals surface area contributed by atoms with Crippen LogP contribution in [0.4, 0.5) is 0 Å². The number of rotatable bonds is 8. The predicted octanol–water partition coefficient (Wildman–Crippen LogP) is 3.84. The second-order valence-corrected chi connectivity index (χ2v) is 5.89. The Morgan fingerprint density at radius 1 is 1.35 bits per heavy atom. The molecular formula is C16H24BrNO2. The third kappa shape index (κ3) is 6.07. The van der Waals surface area contributed by atoms with Crippen LogP contribution in [0.5, 0.6) is 5.75 Å². The van der Waals surface area contributed by atoms with E-state index in [1.807, 2.05) is 0 Å². The number of hydrogen-bond acceptors (Lipinski definition) is 3. The van der Waals surface area contributed by atoms with Crippen molar-refractivity contribution in [3.05, 3.63) is 39.4 Å². The van der Waals surface area contributed by atoms with E-state index in [1.54, 1.807) is 7.11 Å². The lowest BCUT2D eigenvalue weighted by Crippen LogP contribution is -2.19. The molecule has 4 heteroatoms. The third-order valence-corrected chi connectivity index (χ3v) is 3.29. The molecule has 0 aromatic heterocycles. The summed E-state index contributed by atoms with van der Waals surface area (Å²) in [6.45, 7) is 9.14. The van der Waals surface area contributed by atoms with Gasteiger partial charge in [-0.3, -0.25) is 0 Å². The monoisotopic (exact) mass is 341 g/mol. The first-order chi connectivity index (χ1) is 9.54. The van der Waals surface area contributed by atoms with E-state index in [2.05, 4.69) is 60.2 Å². The fourth-order valence-electron chi connectivity index (χ4n) is 1.83. The Kier molecular flexibility index (Phi) is 7.88. The maximum Gasteiger partial charge on any atom is 0.127 e. The number of hydrogen-bond donors (Lipinski definition) is 1. The van der Waals surface area contributed by atoms with Gasteiger partial charge in [0.2, 0.25) is 0 Å². The van der Waals surface area contributed by atoms with Gasteiger partial charge >= 0.3 is 0 Å². The minimum absolute atomic E-state index is 0.607. The van der Waals surface area contributed by atoms with Crippen LogP contribution in [0.25, 0.3) is 0 Å². The average molecular weight is 342 g/mol. The molecule has 0 saturated carbocycles. The first-order valence-corrected chi connectivity index (χ1v) is 7.58. The second-order valence-electron chi connectivity index (χ2n) is 4.97. The minimum Gasteiger partial charge on any atom is -0.489 e. The molecule has 0 heterocycles. The Balaban J connectivity index is 2.76. The molecule has 1 N–H and O–H groups in total. The first kappa shape index (κ1) is 17.2. The fraction of sp³-hybridized carbons (Fsp3) is 0.500. The summed E-state index contributed by atoms with van der Waals surface area (Å²) in [6.07, 6.45) is 2.09. The van der Waals surface area contributed by atoms with Crippen molar-refractivity contribution in [3.8, 4) is 5.75 Å². The van der Waals surface area contributed by atoms with Crippen LogP contribution in [0.3, 0.4) is 0 Å². The van der Waals surface area contributed by atoms with Crippen molar-refractivity contribution in [2.45, 2.75) is 27.3 Å². The van der Waals surface area contributed by atoms with Gasteiger partial charge in [-0.15, -0.1) is 0 Å². The summed E-state index contributed by atoms with van der Waals surface area (Å²) in [7, 11) is 1.71. The molecule has 0 amide bonds. The summed E-state index contributed by atoms with van der Waals surface area (Å²) in [5.74, 6) is 0.968. The number of nitrogens with one attached hydrogen (secondary N) is 1. The molecule has 112 valence electrons. The highest BCUT2D eigenvalue weighted by Crippen LogP contribution is 2.28. The maximum absolute atomic E-state index is 5.92. The van der Waals surface area contributed by atoms with Crippen molar-refractivity contribution in [1.29, 1.82) is 0 Å². The Morgan fingerprint density at radius 3 is 2.75 bits per heavy atom. The Bertz CT molecular complexity index is 454. The van der Waals surface area contributed by atoms with Gasteiger partial charge < -0.3 is 14.8 Å². The van der Waals surface area contributed by atoms with E-state index in [-0.39, 0.29) is 0 Å². The standard InChI is InChI=1S/C16H24BrNO2/c1-12(2)5-7-20-16-13(3)9-15(17)10-14(16)11-18-6-8-19-4/h5,9-10,18H,6-8,11H2,1-4H3. The first-order valence-electron chi connectivity index (χ1n) is 6.79. The van der Waals surface area contributed by atoms with E-state index in [9.17, 15) is 0 Å². The average Bonchev–Trinajstić information content (AvgIpc) is 2.37. The molecule has 0 fully saturated rings. The van der Waals surface area contributed by atoms with Crippen molar-refractivity contribution >= 4 is 15.9 Å². The van der Waals surface area contributed by atoms with Crippen LogP contribution in [0, 0.1) is 6.92 Å². The number of methoxy groups -OCH3 is 1. The molecule has 1 rings (SSSR count). The molecule has 1 aromatic carbocycles. The van der Waals surface area contributed by atoms with Crippen LogP contribution in [0.15, 0.2) is 28.3 Å². The zero-order chi connectivity index (χ0) is 15.0. The summed E-state index contributed by atoms with van der Waals surface area (Å²) in [5, 5.41) is 3.36. The molecule has 3 nitrogen and oxygen atoms in total. The number of ether oxygens (including phenoxy) is 2. The Hall–Kier alpha value is -0.840. The Morgan fingerprint density at radius 2 is 2.10 bits per heavy atom. The van der Waals surface area contributed by atoms with Crippen molar-refractivity contribution in [1.82, 2.24) is 5.32 Å². The molecule has 0 saturated heterocycles. The zero-order valence-corrected chi connectivity index (χ0v) is 14.3. The van der Waals surface area contributed by atoms with Gasteiger partial charge in [-0.25, -0.2) is 0 Å². The lowest BCUT2D eigenvalue weighted by atomic mass is 10.1. The lowest BCUT2D eigenvalue weighted by Gasteiger charge is -2.15. The topological polar surface area (TPSA) is 30.5 Å². The lowest BCUT2D eigenvalue weighted by molar-refractivity contribution is 0.199. The normalized spacial score (nSPS) is 10.4. The molecule has 0 unspecified atom stereocenters. The van der Waals surface area contributed by atoms with E-state index in [0.29, 0.717) is 13.2 Å². The third-order valence-electron chi connectivity index (χ3n) is 2.83. The second kappa shape index (κ2) is 9.16. The van der Waals surface area contributed by atoms with Crippen LogP contribution in [-0.4, -0.2) is 26.9 Å². The summed E-state index contributed by atoms with van der Waals surface area (Å²) >= 11 is 3.54. The number of aryl methyl sites for hydroxylation is 1. The summed E-state index contributed by atoms with van der Waals surface area (Å²) in [5.41, 5.74) is 3.57. The molecule has 0 aliphatic heterocycles. The SMILES string of the molecule is COCCNCc1cc(Br)cc(C)c1OCC=C(C)C. The largest absolute Gasteiger partial charge is 0.489 e. The molecular weight excluding hydrogens is 318 g/mol. The van der Waals surface area contributed by atoms with Gasteiger partial charge in [0.15, 0.2) is 0 Å². The van der Waals surface area contributed by atoms with E-state index in [1.165, 1.54) is 5.57 Å². The zero-order valence-electron chi connectivity index (χ0n) is 12.8. The van der Waals surface area contributed by atoms with Crippen molar-refractivity contribution < 1.29 is 9.47 Å². The van der Waals surface area contributed by atoms with Crippen LogP contribution < -0.4 is 10.1 Å². The number of allylic oxidation sites excluding steroid dienone is 1. The quantitative estimate of drug-likeness (QED) is 0.575. The van der Waals surface area contributed by atoms with E-state index >= 15 is 0 Å². The smallest absolute Gasteiger partial charge is 0.127 e. The van der Waals surface area contributed by atoms with Crippen molar-refractivity contribution in [3.63, 3.8) is 0 Å². The predicted molar refractivity (Wildman–Crippen MR) is 87.4 cm³/mol. The van der Waals surface area contributed by atoms with Gasteiger partial charge in [-0.2, -0.15) is 0 Å². The molecule has 0 spiro atoms. The highest BCUT2D eigenvalue weighted by molar-refractivity contribution is 9.10. The molecule has 0 atom stereocenters. The fourth-order valence-corrected chi connectivity index (χ4v) is 2.45. The summed E-state index contributed by atoms with van der Waals surface area (Å²) in [4.78, 5) is 0. The van der Waals surface area contributed by atoms with Gasteiger partial charge in [-0.05, 0) is 44.5 Å².